The average Bonchev–Trinajstić information content (AvgIpc) is 2.07. The molecular weight excluding hydrogens is 205 g/mol. The van der Waals surface area contributed by atoms with Crippen molar-refractivity contribution in [3.63, 3.8) is 0 Å². The predicted molar refractivity (Wildman–Crippen MR) is 53.3 cm³/mol. The van der Waals surface area contributed by atoms with Crippen LogP contribution < -0.4 is 10.1 Å². The summed E-state index contributed by atoms with van der Waals surface area (Å²) in [5, 5.41) is 3.43. The molecule has 2 nitrogen and oxygen atoms in total. The lowest BCUT2D eigenvalue weighted by atomic mass is 10.00. The van der Waals surface area contributed by atoms with Crippen LogP contribution >= 0.6 is 11.6 Å². The van der Waals surface area contributed by atoms with Crippen molar-refractivity contribution in [1.29, 1.82) is 0 Å². The molecule has 0 radical (unpaired) electrons. The van der Waals surface area contributed by atoms with Crippen molar-refractivity contribution in [2.45, 2.75) is 12.5 Å². The molecule has 1 heterocycles. The van der Waals surface area contributed by atoms with Crippen LogP contribution in [0.1, 0.15) is 6.92 Å². The summed E-state index contributed by atoms with van der Waals surface area (Å²) in [6.07, 6.45) is 0. The van der Waals surface area contributed by atoms with E-state index >= 15 is 0 Å². The fourth-order valence-electron chi connectivity index (χ4n) is 1.37. The second-order valence-corrected chi connectivity index (χ2v) is 4.14. The van der Waals surface area contributed by atoms with Crippen LogP contribution in [0.2, 0.25) is 5.02 Å². The molecule has 2 rings (SSSR count). The van der Waals surface area contributed by atoms with Crippen LogP contribution in [-0.4, -0.2) is 18.7 Å². The maximum atomic E-state index is 12.7. The number of ether oxygens (including phenoxy) is 1. The Bertz CT molecular complexity index is 352. The molecule has 14 heavy (non-hydrogen) atoms. The van der Waals surface area contributed by atoms with E-state index in [0.717, 1.165) is 13.1 Å². The number of nitrogens with one attached hydrogen (secondary N) is 1. The summed E-state index contributed by atoms with van der Waals surface area (Å²) in [7, 11) is 0. The van der Waals surface area contributed by atoms with Crippen molar-refractivity contribution in [3.8, 4) is 5.75 Å². The van der Waals surface area contributed by atoms with Crippen LogP contribution in [0.15, 0.2) is 18.2 Å². The van der Waals surface area contributed by atoms with Crippen molar-refractivity contribution in [2.75, 3.05) is 13.1 Å². The summed E-state index contributed by atoms with van der Waals surface area (Å²) in [5.41, 5.74) is -0.207. The molecule has 0 amide bonds. The van der Waals surface area contributed by atoms with Crippen molar-refractivity contribution >= 4 is 11.6 Å². The van der Waals surface area contributed by atoms with Gasteiger partial charge in [0.25, 0.3) is 0 Å². The number of rotatable bonds is 2. The first-order valence-electron chi connectivity index (χ1n) is 4.44. The third kappa shape index (κ3) is 1.83. The van der Waals surface area contributed by atoms with Crippen LogP contribution in [0.3, 0.4) is 0 Å². The molecule has 0 atom stereocenters. The van der Waals surface area contributed by atoms with E-state index in [9.17, 15) is 4.39 Å². The SMILES string of the molecule is CC1(Oc2ccc(F)cc2Cl)CNC1. The Kier molecular flexibility index (Phi) is 2.37. The fraction of sp³-hybridized carbons (Fsp3) is 0.400. The molecule has 1 N–H and O–H groups in total. The van der Waals surface area contributed by atoms with Gasteiger partial charge in [-0.3, -0.25) is 0 Å². The van der Waals surface area contributed by atoms with Crippen LogP contribution in [0.25, 0.3) is 0 Å². The van der Waals surface area contributed by atoms with E-state index in [0.29, 0.717) is 10.8 Å². The molecule has 0 bridgehead atoms. The van der Waals surface area contributed by atoms with Crippen molar-refractivity contribution in [3.05, 3.63) is 29.0 Å². The molecule has 1 saturated heterocycles. The van der Waals surface area contributed by atoms with Gasteiger partial charge in [-0.2, -0.15) is 0 Å². The number of benzene rings is 1. The molecule has 0 aliphatic carbocycles. The van der Waals surface area contributed by atoms with Gasteiger partial charge in [0.05, 0.1) is 5.02 Å². The predicted octanol–water partition coefficient (Wildman–Crippen LogP) is 2.22. The Morgan fingerprint density at radius 3 is 2.71 bits per heavy atom. The highest BCUT2D eigenvalue weighted by molar-refractivity contribution is 6.32. The van der Waals surface area contributed by atoms with Crippen LogP contribution in [0.4, 0.5) is 4.39 Å². The van der Waals surface area contributed by atoms with Gasteiger partial charge in [-0.25, -0.2) is 4.39 Å². The molecule has 1 fully saturated rings. The first-order valence-corrected chi connectivity index (χ1v) is 4.82. The highest BCUT2D eigenvalue weighted by Crippen LogP contribution is 2.29. The smallest absolute Gasteiger partial charge is 0.139 e. The second kappa shape index (κ2) is 3.41. The molecular formula is C10H11ClFNO. The van der Waals surface area contributed by atoms with Crippen LogP contribution in [0.5, 0.6) is 5.75 Å². The van der Waals surface area contributed by atoms with Crippen molar-refractivity contribution in [1.82, 2.24) is 5.32 Å². The molecule has 1 aliphatic heterocycles. The minimum Gasteiger partial charge on any atom is -0.483 e. The molecule has 0 spiro atoms. The van der Waals surface area contributed by atoms with Gasteiger partial charge in [-0.05, 0) is 25.1 Å². The standard InChI is InChI=1S/C10H11ClFNO/c1-10(5-13-6-10)14-9-3-2-7(12)4-8(9)11/h2-4,13H,5-6H2,1H3. The average molecular weight is 216 g/mol. The van der Waals surface area contributed by atoms with Gasteiger partial charge in [0, 0.05) is 13.1 Å². The molecule has 0 aromatic heterocycles. The van der Waals surface area contributed by atoms with E-state index in [-0.39, 0.29) is 11.4 Å². The number of hydrogen-bond acceptors (Lipinski definition) is 2. The van der Waals surface area contributed by atoms with E-state index in [1.54, 1.807) is 6.07 Å². The van der Waals surface area contributed by atoms with E-state index in [1.165, 1.54) is 12.1 Å². The summed E-state index contributed by atoms with van der Waals surface area (Å²) in [6.45, 7) is 3.57. The second-order valence-electron chi connectivity index (χ2n) is 3.73. The summed E-state index contributed by atoms with van der Waals surface area (Å²) in [5.74, 6) is 0.191. The van der Waals surface area contributed by atoms with Crippen LogP contribution in [-0.2, 0) is 0 Å². The lowest BCUT2D eigenvalue weighted by Gasteiger charge is -2.39. The quantitative estimate of drug-likeness (QED) is 0.817. The maximum absolute atomic E-state index is 12.7. The minimum atomic E-state index is -0.348. The third-order valence-corrected chi connectivity index (χ3v) is 2.54. The topological polar surface area (TPSA) is 21.3 Å². The summed E-state index contributed by atoms with van der Waals surface area (Å²) >= 11 is 5.83. The zero-order valence-electron chi connectivity index (χ0n) is 7.81. The molecule has 0 unspecified atom stereocenters. The first kappa shape index (κ1) is 9.74. The van der Waals surface area contributed by atoms with E-state index in [1.807, 2.05) is 6.92 Å². The molecule has 1 aromatic rings. The first-order chi connectivity index (χ1) is 6.59. The highest BCUT2D eigenvalue weighted by atomic mass is 35.5. The minimum absolute atomic E-state index is 0.207. The molecule has 1 aromatic carbocycles. The highest BCUT2D eigenvalue weighted by Gasteiger charge is 2.34. The third-order valence-electron chi connectivity index (χ3n) is 2.25. The van der Waals surface area contributed by atoms with Crippen LogP contribution in [0, 0.1) is 5.82 Å². The molecule has 0 saturated carbocycles. The van der Waals surface area contributed by atoms with E-state index < -0.39 is 0 Å². The maximum Gasteiger partial charge on any atom is 0.139 e. The summed E-state index contributed by atoms with van der Waals surface area (Å²) < 4.78 is 18.4. The molecule has 4 heteroatoms. The lowest BCUT2D eigenvalue weighted by molar-refractivity contribution is 0.0349. The van der Waals surface area contributed by atoms with Gasteiger partial charge in [0.15, 0.2) is 0 Å². The van der Waals surface area contributed by atoms with Gasteiger partial charge >= 0.3 is 0 Å². The summed E-state index contributed by atoms with van der Waals surface area (Å²) in [4.78, 5) is 0. The molecule has 76 valence electrons. The van der Waals surface area contributed by atoms with Gasteiger partial charge in [-0.1, -0.05) is 11.6 Å². The molecule has 1 aliphatic rings. The van der Waals surface area contributed by atoms with Gasteiger partial charge in [0.1, 0.15) is 17.2 Å². The number of hydrogen-bond donors (Lipinski definition) is 1. The van der Waals surface area contributed by atoms with Crippen molar-refractivity contribution in [2.24, 2.45) is 0 Å². The number of halogens is 2. The van der Waals surface area contributed by atoms with E-state index in [4.69, 9.17) is 16.3 Å². The largest absolute Gasteiger partial charge is 0.483 e. The van der Waals surface area contributed by atoms with Gasteiger partial charge < -0.3 is 10.1 Å². The zero-order valence-corrected chi connectivity index (χ0v) is 8.57. The zero-order chi connectivity index (χ0) is 10.2. The van der Waals surface area contributed by atoms with Gasteiger partial charge in [-0.15, -0.1) is 0 Å². The lowest BCUT2D eigenvalue weighted by Crippen LogP contribution is -2.61. The van der Waals surface area contributed by atoms with Gasteiger partial charge in [0.2, 0.25) is 0 Å². The van der Waals surface area contributed by atoms with Crippen molar-refractivity contribution < 1.29 is 9.13 Å². The normalized spacial score (nSPS) is 18.8. The Morgan fingerprint density at radius 2 is 2.21 bits per heavy atom. The van der Waals surface area contributed by atoms with E-state index in [2.05, 4.69) is 5.32 Å². The Balaban J connectivity index is 2.16. The Hall–Kier alpha value is -0.800. The Labute approximate surface area is 87.0 Å². The fourth-order valence-corrected chi connectivity index (χ4v) is 1.58. The Morgan fingerprint density at radius 1 is 1.50 bits per heavy atom. The monoisotopic (exact) mass is 215 g/mol. The summed E-state index contributed by atoms with van der Waals surface area (Å²) in [6, 6.07) is 4.16.